The highest BCUT2D eigenvalue weighted by Gasteiger charge is 2.25. The number of thioether (sulfide) groups is 1. The van der Waals surface area contributed by atoms with Crippen molar-refractivity contribution >= 4 is 33.3 Å². The molecule has 0 saturated heterocycles. The minimum absolute atomic E-state index is 0.0334. The van der Waals surface area contributed by atoms with Gasteiger partial charge in [0, 0.05) is 43.0 Å². The van der Waals surface area contributed by atoms with E-state index in [-0.39, 0.29) is 16.8 Å². The zero-order valence-electron chi connectivity index (χ0n) is 18.6. The predicted octanol–water partition coefficient (Wildman–Crippen LogP) is 2.93. The van der Waals surface area contributed by atoms with Gasteiger partial charge in [-0.15, -0.1) is 11.3 Å². The van der Waals surface area contributed by atoms with E-state index in [9.17, 15) is 14.4 Å². The maximum absolute atomic E-state index is 13.5. The first-order chi connectivity index (χ1) is 14.7. The van der Waals surface area contributed by atoms with Crippen LogP contribution in [0.5, 0.6) is 0 Å². The maximum atomic E-state index is 13.5. The topological polar surface area (TPSA) is 78.9 Å². The SMILES string of the molecule is CC(C)Cn1c(SCc2cc(=O)n(C)c(=O)n2C)nc2sc3c(c2c1=O)CCC(C)C3. The smallest absolute Gasteiger partial charge is 0.300 e. The molecular formula is C22H28N4O3S2. The average molecular weight is 461 g/mol. The summed E-state index contributed by atoms with van der Waals surface area (Å²) in [4.78, 5) is 44.9. The summed E-state index contributed by atoms with van der Waals surface area (Å²) in [5.41, 5.74) is 1.15. The van der Waals surface area contributed by atoms with Crippen LogP contribution in [0, 0.1) is 11.8 Å². The molecule has 0 aromatic carbocycles. The monoisotopic (exact) mass is 460 g/mol. The molecule has 3 aromatic heterocycles. The lowest BCUT2D eigenvalue weighted by Crippen LogP contribution is -2.37. The molecule has 31 heavy (non-hydrogen) atoms. The molecule has 7 nitrogen and oxygen atoms in total. The molecule has 0 saturated carbocycles. The fourth-order valence-electron chi connectivity index (χ4n) is 4.10. The van der Waals surface area contributed by atoms with E-state index in [2.05, 4.69) is 20.8 Å². The van der Waals surface area contributed by atoms with Gasteiger partial charge in [0.05, 0.1) is 5.39 Å². The predicted molar refractivity (Wildman–Crippen MR) is 126 cm³/mol. The van der Waals surface area contributed by atoms with Gasteiger partial charge in [0.25, 0.3) is 11.1 Å². The molecule has 0 N–H and O–H groups in total. The Kier molecular flexibility index (Phi) is 6.00. The third kappa shape index (κ3) is 4.05. The number of nitrogens with zero attached hydrogens (tertiary/aromatic N) is 4. The number of thiophene rings is 1. The van der Waals surface area contributed by atoms with Gasteiger partial charge >= 0.3 is 5.69 Å². The standard InChI is InChI=1S/C22H28N4O3S2/c1-12(2)10-26-20(28)18-15-7-6-13(3)8-16(15)31-19(18)23-21(26)30-11-14-9-17(27)25(5)22(29)24(14)4/h9,12-13H,6-8,10-11H2,1-5H3. The molecule has 0 spiro atoms. The highest BCUT2D eigenvalue weighted by molar-refractivity contribution is 7.98. The van der Waals surface area contributed by atoms with Crippen molar-refractivity contribution in [2.45, 2.75) is 57.5 Å². The van der Waals surface area contributed by atoms with Gasteiger partial charge < -0.3 is 0 Å². The highest BCUT2D eigenvalue weighted by Crippen LogP contribution is 2.36. The zero-order valence-corrected chi connectivity index (χ0v) is 20.2. The molecule has 9 heteroatoms. The lowest BCUT2D eigenvalue weighted by Gasteiger charge is -2.18. The van der Waals surface area contributed by atoms with Crippen molar-refractivity contribution in [2.24, 2.45) is 25.9 Å². The summed E-state index contributed by atoms with van der Waals surface area (Å²) < 4.78 is 4.34. The summed E-state index contributed by atoms with van der Waals surface area (Å²) in [5, 5.41) is 1.43. The van der Waals surface area contributed by atoms with Crippen LogP contribution in [0.2, 0.25) is 0 Å². The number of hydrogen-bond donors (Lipinski definition) is 0. The van der Waals surface area contributed by atoms with E-state index in [1.807, 2.05) is 0 Å². The van der Waals surface area contributed by atoms with Crippen molar-refractivity contribution in [2.75, 3.05) is 0 Å². The van der Waals surface area contributed by atoms with Crippen LogP contribution in [-0.2, 0) is 39.2 Å². The lowest BCUT2D eigenvalue weighted by atomic mass is 9.89. The van der Waals surface area contributed by atoms with Crippen molar-refractivity contribution < 1.29 is 0 Å². The minimum atomic E-state index is -0.355. The van der Waals surface area contributed by atoms with Crippen LogP contribution in [0.1, 0.15) is 43.3 Å². The molecule has 4 rings (SSSR count). The summed E-state index contributed by atoms with van der Waals surface area (Å²) in [6.45, 7) is 7.01. The fourth-order valence-corrected chi connectivity index (χ4v) is 6.55. The summed E-state index contributed by atoms with van der Waals surface area (Å²) >= 11 is 3.05. The first-order valence-corrected chi connectivity index (χ1v) is 12.4. The molecule has 0 aliphatic heterocycles. The van der Waals surface area contributed by atoms with Gasteiger partial charge in [-0.05, 0) is 36.7 Å². The fraction of sp³-hybridized carbons (Fsp3) is 0.545. The highest BCUT2D eigenvalue weighted by atomic mass is 32.2. The van der Waals surface area contributed by atoms with Gasteiger partial charge in [0.2, 0.25) is 0 Å². The number of fused-ring (bicyclic) bond motifs is 3. The van der Waals surface area contributed by atoms with Crippen molar-refractivity contribution in [3.8, 4) is 0 Å². The minimum Gasteiger partial charge on any atom is -0.300 e. The molecule has 166 valence electrons. The van der Waals surface area contributed by atoms with E-state index >= 15 is 0 Å². The van der Waals surface area contributed by atoms with Crippen molar-refractivity contribution in [1.82, 2.24) is 18.7 Å². The van der Waals surface area contributed by atoms with Crippen LogP contribution in [0.3, 0.4) is 0 Å². The molecule has 1 aliphatic carbocycles. The first-order valence-electron chi connectivity index (χ1n) is 10.6. The molecule has 3 aromatic rings. The number of hydrogen-bond acceptors (Lipinski definition) is 6. The summed E-state index contributed by atoms with van der Waals surface area (Å²) in [6.07, 6.45) is 3.06. The Morgan fingerprint density at radius 1 is 1.23 bits per heavy atom. The van der Waals surface area contributed by atoms with Crippen LogP contribution in [0.25, 0.3) is 10.2 Å². The van der Waals surface area contributed by atoms with E-state index in [0.717, 1.165) is 34.0 Å². The summed E-state index contributed by atoms with van der Waals surface area (Å²) in [7, 11) is 3.13. The van der Waals surface area contributed by atoms with Crippen molar-refractivity contribution in [3.05, 3.63) is 53.4 Å². The van der Waals surface area contributed by atoms with Gasteiger partial charge in [0.15, 0.2) is 5.16 Å². The molecule has 1 aliphatic rings. The van der Waals surface area contributed by atoms with Gasteiger partial charge in [-0.2, -0.15) is 0 Å². The third-order valence-electron chi connectivity index (χ3n) is 5.90. The number of rotatable bonds is 5. The molecule has 1 atom stereocenters. The molecular weight excluding hydrogens is 432 g/mol. The quantitative estimate of drug-likeness (QED) is 0.432. The maximum Gasteiger partial charge on any atom is 0.330 e. The molecule has 0 radical (unpaired) electrons. The molecule has 0 bridgehead atoms. The Bertz CT molecular complexity index is 1330. The van der Waals surface area contributed by atoms with Gasteiger partial charge in [-0.3, -0.25) is 23.3 Å². The van der Waals surface area contributed by atoms with E-state index in [1.54, 1.807) is 23.0 Å². The van der Waals surface area contributed by atoms with Gasteiger partial charge in [-0.25, -0.2) is 9.78 Å². The summed E-state index contributed by atoms with van der Waals surface area (Å²) in [6, 6.07) is 1.48. The van der Waals surface area contributed by atoms with Gasteiger partial charge in [-0.1, -0.05) is 32.5 Å². The Labute approximate surface area is 188 Å². The molecule has 0 amide bonds. The number of aromatic nitrogens is 4. The van der Waals surface area contributed by atoms with E-state index in [0.29, 0.717) is 35.0 Å². The Morgan fingerprint density at radius 2 is 1.97 bits per heavy atom. The molecule has 3 heterocycles. The van der Waals surface area contributed by atoms with E-state index in [4.69, 9.17) is 4.98 Å². The lowest BCUT2D eigenvalue weighted by molar-refractivity contribution is 0.474. The second kappa shape index (κ2) is 8.43. The Hall–Kier alpha value is -2.13. The van der Waals surface area contributed by atoms with Crippen LogP contribution in [0.15, 0.2) is 25.6 Å². The Morgan fingerprint density at radius 3 is 2.68 bits per heavy atom. The van der Waals surface area contributed by atoms with E-state index < -0.39 is 0 Å². The van der Waals surface area contributed by atoms with Crippen molar-refractivity contribution in [3.63, 3.8) is 0 Å². The van der Waals surface area contributed by atoms with Crippen LogP contribution >= 0.6 is 23.1 Å². The third-order valence-corrected chi connectivity index (χ3v) is 8.06. The molecule has 0 fully saturated rings. The second-order valence-corrected chi connectivity index (χ2v) is 10.9. The van der Waals surface area contributed by atoms with Crippen LogP contribution < -0.4 is 16.8 Å². The first kappa shape index (κ1) is 22.1. The summed E-state index contributed by atoms with van der Waals surface area (Å²) in [5.74, 6) is 1.31. The number of aryl methyl sites for hydroxylation is 1. The largest absolute Gasteiger partial charge is 0.330 e. The normalized spacial score (nSPS) is 16.3. The zero-order chi connectivity index (χ0) is 22.4. The Balaban J connectivity index is 1.79. The van der Waals surface area contributed by atoms with Crippen LogP contribution in [-0.4, -0.2) is 18.7 Å². The second-order valence-electron chi connectivity index (χ2n) is 8.90. The van der Waals surface area contributed by atoms with Gasteiger partial charge in [0.1, 0.15) is 4.83 Å². The van der Waals surface area contributed by atoms with Crippen molar-refractivity contribution in [1.29, 1.82) is 0 Å². The van der Waals surface area contributed by atoms with E-state index in [1.165, 1.54) is 39.9 Å². The van der Waals surface area contributed by atoms with Crippen LogP contribution in [0.4, 0.5) is 0 Å². The average Bonchev–Trinajstić information content (AvgIpc) is 3.07. The molecule has 1 unspecified atom stereocenters.